The molecule has 2 aromatic rings. The molecule has 1 saturated heterocycles. The van der Waals surface area contributed by atoms with Crippen LogP contribution >= 0.6 is 11.6 Å². The smallest absolute Gasteiger partial charge is 0.251 e. The lowest BCUT2D eigenvalue weighted by Gasteiger charge is -2.31. The first-order valence-electron chi connectivity index (χ1n) is 9.42. The Morgan fingerprint density at radius 2 is 1.70 bits per heavy atom. The van der Waals surface area contributed by atoms with Gasteiger partial charge in [-0.1, -0.05) is 29.8 Å². The second-order valence-electron chi connectivity index (χ2n) is 7.29. The highest BCUT2D eigenvalue weighted by molar-refractivity contribution is 7.90. The van der Waals surface area contributed by atoms with Crippen molar-refractivity contribution in [3.05, 3.63) is 59.1 Å². The summed E-state index contributed by atoms with van der Waals surface area (Å²) in [5.41, 5.74) is 0.212. The number of piperidine rings is 1. The number of carbonyl (C=O) groups is 1. The summed E-state index contributed by atoms with van der Waals surface area (Å²) in [7, 11) is -7.05. The molecule has 0 unspecified atom stereocenters. The summed E-state index contributed by atoms with van der Waals surface area (Å²) in [5.74, 6) is -0.256. The van der Waals surface area contributed by atoms with Crippen LogP contribution in [0.3, 0.4) is 0 Å². The number of benzene rings is 2. The molecule has 3 rings (SSSR count). The van der Waals surface area contributed by atoms with Crippen LogP contribution in [0.1, 0.15) is 23.2 Å². The molecule has 1 heterocycles. The molecule has 0 aliphatic carbocycles. The van der Waals surface area contributed by atoms with Crippen LogP contribution in [0.15, 0.2) is 58.3 Å². The SMILES string of the molecule is CS(=O)(=O)c1cc(C(=O)NCC2CCN(S(=O)(=O)c3ccccc3)CC2)ccc1Cl. The van der Waals surface area contributed by atoms with Crippen LogP contribution in [0, 0.1) is 5.92 Å². The summed E-state index contributed by atoms with van der Waals surface area (Å²) in [5, 5.41) is 2.88. The molecule has 0 spiro atoms. The second kappa shape index (κ2) is 9.05. The summed E-state index contributed by atoms with van der Waals surface area (Å²) in [6.07, 6.45) is 2.29. The van der Waals surface area contributed by atoms with Crippen molar-refractivity contribution in [1.82, 2.24) is 9.62 Å². The van der Waals surface area contributed by atoms with Gasteiger partial charge in [0.1, 0.15) is 0 Å². The van der Waals surface area contributed by atoms with Gasteiger partial charge >= 0.3 is 0 Å². The normalized spacial score (nSPS) is 16.3. The van der Waals surface area contributed by atoms with Crippen LogP contribution in [0.25, 0.3) is 0 Å². The van der Waals surface area contributed by atoms with Gasteiger partial charge in [-0.25, -0.2) is 16.8 Å². The molecular formula is C20H23ClN2O5S2. The van der Waals surface area contributed by atoms with E-state index in [1.165, 1.54) is 22.5 Å². The quantitative estimate of drug-likeness (QED) is 0.699. The molecule has 0 aromatic heterocycles. The number of halogens is 1. The Kier molecular flexibility index (Phi) is 6.86. The summed E-state index contributed by atoms with van der Waals surface area (Å²) >= 11 is 5.91. The standard InChI is InChI=1S/C20H23ClN2O5S2/c1-29(25,26)19-13-16(7-8-18(19)21)20(24)22-14-15-9-11-23(12-10-15)30(27,28)17-5-3-2-4-6-17/h2-8,13,15H,9-12,14H2,1H3,(H,22,24). The Morgan fingerprint density at radius 3 is 2.30 bits per heavy atom. The number of hydrogen-bond donors (Lipinski definition) is 1. The molecule has 10 heteroatoms. The number of sulfonamides is 1. The van der Waals surface area contributed by atoms with Gasteiger partial charge in [-0.2, -0.15) is 4.31 Å². The monoisotopic (exact) mass is 470 g/mol. The number of carbonyl (C=O) groups excluding carboxylic acids is 1. The molecule has 1 N–H and O–H groups in total. The van der Waals surface area contributed by atoms with E-state index in [0.717, 1.165) is 6.26 Å². The van der Waals surface area contributed by atoms with Crippen molar-refractivity contribution in [2.45, 2.75) is 22.6 Å². The Labute approximate surface area is 182 Å². The minimum atomic E-state index is -3.54. The van der Waals surface area contributed by atoms with Crippen molar-refractivity contribution >= 4 is 37.4 Å². The topological polar surface area (TPSA) is 101 Å². The molecule has 162 valence electrons. The first-order valence-corrected chi connectivity index (χ1v) is 13.1. The second-order valence-corrected chi connectivity index (χ2v) is 11.6. The predicted molar refractivity (Wildman–Crippen MR) is 115 cm³/mol. The summed E-state index contributed by atoms with van der Waals surface area (Å²) in [6.45, 7) is 1.16. The van der Waals surface area contributed by atoms with Crippen LogP contribution in [0.4, 0.5) is 0 Å². The third-order valence-electron chi connectivity index (χ3n) is 5.10. The number of nitrogens with one attached hydrogen (secondary N) is 1. The van der Waals surface area contributed by atoms with Gasteiger partial charge in [-0.3, -0.25) is 4.79 Å². The van der Waals surface area contributed by atoms with E-state index < -0.39 is 25.8 Å². The zero-order chi connectivity index (χ0) is 21.9. The highest BCUT2D eigenvalue weighted by Crippen LogP contribution is 2.24. The molecule has 1 aliphatic rings. The summed E-state index contributed by atoms with van der Waals surface area (Å²) in [4.78, 5) is 12.6. The summed E-state index contributed by atoms with van der Waals surface area (Å²) < 4.78 is 50.4. The molecule has 7 nitrogen and oxygen atoms in total. The molecule has 0 bridgehead atoms. The lowest BCUT2D eigenvalue weighted by atomic mass is 9.98. The van der Waals surface area contributed by atoms with E-state index in [1.54, 1.807) is 30.3 Å². The molecular weight excluding hydrogens is 448 g/mol. The van der Waals surface area contributed by atoms with Gasteiger partial charge in [0.2, 0.25) is 10.0 Å². The molecule has 1 aliphatic heterocycles. The largest absolute Gasteiger partial charge is 0.352 e. The molecule has 30 heavy (non-hydrogen) atoms. The van der Waals surface area contributed by atoms with Gasteiger partial charge in [0.15, 0.2) is 9.84 Å². The van der Waals surface area contributed by atoms with Gasteiger partial charge in [0.05, 0.1) is 14.8 Å². The fourth-order valence-electron chi connectivity index (χ4n) is 3.36. The minimum Gasteiger partial charge on any atom is -0.352 e. The van der Waals surface area contributed by atoms with E-state index in [-0.39, 0.29) is 26.3 Å². The van der Waals surface area contributed by atoms with Gasteiger partial charge in [0.25, 0.3) is 5.91 Å². The number of amides is 1. The lowest BCUT2D eigenvalue weighted by molar-refractivity contribution is 0.0941. The molecule has 1 amide bonds. The third kappa shape index (κ3) is 5.21. The van der Waals surface area contributed by atoms with E-state index >= 15 is 0 Å². The molecule has 2 aromatic carbocycles. The first kappa shape index (κ1) is 22.7. The summed E-state index contributed by atoms with van der Waals surface area (Å²) in [6, 6.07) is 12.5. The van der Waals surface area contributed by atoms with Gasteiger partial charge in [0, 0.05) is 31.5 Å². The molecule has 0 atom stereocenters. The third-order valence-corrected chi connectivity index (χ3v) is 8.59. The first-order chi connectivity index (χ1) is 14.1. The zero-order valence-electron chi connectivity index (χ0n) is 16.4. The maximum atomic E-state index is 12.7. The van der Waals surface area contributed by atoms with Crippen molar-refractivity contribution in [2.24, 2.45) is 5.92 Å². The average molecular weight is 471 g/mol. The van der Waals surface area contributed by atoms with Crippen molar-refractivity contribution in [3.63, 3.8) is 0 Å². The van der Waals surface area contributed by atoms with Crippen LogP contribution in [-0.4, -0.2) is 52.9 Å². The van der Waals surface area contributed by atoms with Crippen LogP contribution in [-0.2, 0) is 19.9 Å². The van der Waals surface area contributed by atoms with E-state index in [1.807, 2.05) is 0 Å². The number of nitrogens with zero attached hydrogens (tertiary/aromatic N) is 1. The average Bonchev–Trinajstić information content (AvgIpc) is 2.72. The lowest BCUT2D eigenvalue weighted by Crippen LogP contribution is -2.41. The number of hydrogen-bond acceptors (Lipinski definition) is 5. The minimum absolute atomic E-state index is 0.0704. The van der Waals surface area contributed by atoms with E-state index in [9.17, 15) is 21.6 Å². The van der Waals surface area contributed by atoms with E-state index in [4.69, 9.17) is 11.6 Å². The Balaban J connectivity index is 1.57. The van der Waals surface area contributed by atoms with Crippen molar-refractivity contribution < 1.29 is 21.6 Å². The van der Waals surface area contributed by atoms with Crippen molar-refractivity contribution in [3.8, 4) is 0 Å². The van der Waals surface area contributed by atoms with Crippen molar-refractivity contribution in [1.29, 1.82) is 0 Å². The van der Waals surface area contributed by atoms with Gasteiger partial charge < -0.3 is 5.32 Å². The van der Waals surface area contributed by atoms with Gasteiger partial charge in [-0.05, 0) is 49.1 Å². The zero-order valence-corrected chi connectivity index (χ0v) is 18.8. The molecule has 0 radical (unpaired) electrons. The molecule has 0 saturated carbocycles. The van der Waals surface area contributed by atoms with E-state index in [0.29, 0.717) is 32.5 Å². The van der Waals surface area contributed by atoms with Crippen molar-refractivity contribution in [2.75, 3.05) is 25.9 Å². The van der Waals surface area contributed by atoms with Crippen LogP contribution < -0.4 is 5.32 Å². The van der Waals surface area contributed by atoms with Crippen LogP contribution in [0.2, 0.25) is 5.02 Å². The Hall–Kier alpha value is -1.94. The Bertz CT molecular complexity index is 1130. The van der Waals surface area contributed by atoms with Gasteiger partial charge in [-0.15, -0.1) is 0 Å². The predicted octanol–water partition coefficient (Wildman–Crippen LogP) is 2.57. The maximum absolute atomic E-state index is 12.7. The number of rotatable bonds is 6. The fraction of sp³-hybridized carbons (Fsp3) is 0.350. The Morgan fingerprint density at radius 1 is 1.07 bits per heavy atom. The molecule has 1 fully saturated rings. The number of sulfone groups is 1. The maximum Gasteiger partial charge on any atom is 0.251 e. The fourth-order valence-corrected chi connectivity index (χ4v) is 6.16. The van der Waals surface area contributed by atoms with E-state index in [2.05, 4.69) is 5.32 Å². The highest BCUT2D eigenvalue weighted by Gasteiger charge is 2.29. The van der Waals surface area contributed by atoms with Crippen LogP contribution in [0.5, 0.6) is 0 Å². The highest BCUT2D eigenvalue weighted by atomic mass is 35.5.